The van der Waals surface area contributed by atoms with Crippen LogP contribution in [0.2, 0.25) is 5.02 Å². The van der Waals surface area contributed by atoms with Crippen molar-refractivity contribution in [1.29, 1.82) is 0 Å². The highest BCUT2D eigenvalue weighted by atomic mass is 35.5. The lowest BCUT2D eigenvalue weighted by atomic mass is 10.0. The van der Waals surface area contributed by atoms with Gasteiger partial charge >= 0.3 is 5.97 Å². The molecule has 0 spiro atoms. The summed E-state index contributed by atoms with van der Waals surface area (Å²) in [4.78, 5) is 23.4. The van der Waals surface area contributed by atoms with E-state index in [4.69, 9.17) is 26.2 Å². The molecule has 0 radical (unpaired) electrons. The molecule has 1 rings (SSSR count). The van der Waals surface area contributed by atoms with E-state index in [2.05, 4.69) is 19.2 Å². The highest BCUT2D eigenvalue weighted by Crippen LogP contribution is 2.36. The molecule has 0 aliphatic heterocycles. The first-order chi connectivity index (χ1) is 11.7. The van der Waals surface area contributed by atoms with Gasteiger partial charge in [0, 0.05) is 11.6 Å². The number of amides is 1. The zero-order chi connectivity index (χ0) is 19.1. The van der Waals surface area contributed by atoms with Crippen LogP contribution in [0.5, 0.6) is 11.5 Å². The normalized spacial score (nSPS) is 13.2. The Labute approximate surface area is 153 Å². The number of carbonyl (C=O) groups excluding carboxylic acids is 1. The molecule has 140 valence electrons. The SMILES string of the molecule is COc1cc(C(=O)NC(C)C(C)C(=O)O)cc(Cl)c1OCCC(C)C. The van der Waals surface area contributed by atoms with E-state index >= 15 is 0 Å². The number of carboxylic acid groups (broad SMARTS) is 1. The Morgan fingerprint density at radius 1 is 1.24 bits per heavy atom. The molecular formula is C18H26ClNO5. The van der Waals surface area contributed by atoms with Crippen molar-refractivity contribution in [3.05, 3.63) is 22.7 Å². The van der Waals surface area contributed by atoms with Gasteiger partial charge in [-0.1, -0.05) is 25.4 Å². The molecule has 2 N–H and O–H groups in total. The minimum Gasteiger partial charge on any atom is -0.493 e. The Balaban J connectivity index is 2.93. The first-order valence-corrected chi connectivity index (χ1v) is 8.59. The standard InChI is InChI=1S/C18H26ClNO5/c1-10(2)6-7-25-16-14(19)8-13(9-15(16)24-5)17(21)20-12(4)11(3)18(22)23/h8-12H,6-7H2,1-5H3,(H,20,21)(H,22,23). The zero-order valence-electron chi connectivity index (χ0n) is 15.3. The quantitative estimate of drug-likeness (QED) is 0.692. The lowest BCUT2D eigenvalue weighted by Gasteiger charge is -2.19. The fourth-order valence-corrected chi connectivity index (χ4v) is 2.28. The van der Waals surface area contributed by atoms with Gasteiger partial charge in [-0.3, -0.25) is 9.59 Å². The summed E-state index contributed by atoms with van der Waals surface area (Å²) >= 11 is 6.24. The van der Waals surface area contributed by atoms with Crippen molar-refractivity contribution in [1.82, 2.24) is 5.32 Å². The van der Waals surface area contributed by atoms with Crippen molar-refractivity contribution in [3.63, 3.8) is 0 Å². The summed E-state index contributed by atoms with van der Waals surface area (Å²) in [6, 6.07) is 2.49. The lowest BCUT2D eigenvalue weighted by molar-refractivity contribution is -0.141. The molecular weight excluding hydrogens is 346 g/mol. The van der Waals surface area contributed by atoms with Gasteiger partial charge in [-0.2, -0.15) is 0 Å². The molecule has 2 unspecified atom stereocenters. The van der Waals surface area contributed by atoms with E-state index in [0.29, 0.717) is 24.0 Å². The summed E-state index contributed by atoms with van der Waals surface area (Å²) in [5.74, 6) is -0.854. The molecule has 1 aromatic rings. The molecule has 0 saturated heterocycles. The van der Waals surface area contributed by atoms with Crippen LogP contribution >= 0.6 is 11.6 Å². The van der Waals surface area contributed by atoms with Crippen LogP contribution in [0.4, 0.5) is 0 Å². The van der Waals surface area contributed by atoms with Gasteiger partial charge in [-0.15, -0.1) is 0 Å². The van der Waals surface area contributed by atoms with Gasteiger partial charge in [0.05, 0.1) is 24.7 Å². The Morgan fingerprint density at radius 3 is 2.40 bits per heavy atom. The second kappa shape index (κ2) is 9.51. The monoisotopic (exact) mass is 371 g/mol. The number of nitrogens with one attached hydrogen (secondary N) is 1. The minimum absolute atomic E-state index is 0.271. The van der Waals surface area contributed by atoms with E-state index in [0.717, 1.165) is 6.42 Å². The molecule has 0 aliphatic carbocycles. The molecule has 0 bridgehead atoms. The summed E-state index contributed by atoms with van der Waals surface area (Å²) in [6.07, 6.45) is 0.867. The summed E-state index contributed by atoms with van der Waals surface area (Å²) in [6.45, 7) is 7.85. The number of rotatable bonds is 9. The highest BCUT2D eigenvalue weighted by Gasteiger charge is 2.23. The van der Waals surface area contributed by atoms with E-state index in [9.17, 15) is 9.59 Å². The smallest absolute Gasteiger partial charge is 0.308 e. The number of halogens is 1. The average molecular weight is 372 g/mol. The lowest BCUT2D eigenvalue weighted by Crippen LogP contribution is -2.40. The Bertz CT molecular complexity index is 618. The number of methoxy groups -OCH3 is 1. The van der Waals surface area contributed by atoms with Crippen molar-refractivity contribution >= 4 is 23.5 Å². The first kappa shape index (κ1) is 21.1. The Morgan fingerprint density at radius 2 is 1.88 bits per heavy atom. The van der Waals surface area contributed by atoms with Gasteiger partial charge in [0.1, 0.15) is 0 Å². The maximum Gasteiger partial charge on any atom is 0.308 e. The van der Waals surface area contributed by atoms with Crippen LogP contribution in [0.15, 0.2) is 12.1 Å². The third-order valence-electron chi connectivity index (χ3n) is 3.93. The van der Waals surface area contributed by atoms with Gasteiger partial charge in [0.25, 0.3) is 5.91 Å². The van der Waals surface area contributed by atoms with E-state index < -0.39 is 23.8 Å². The van der Waals surface area contributed by atoms with E-state index in [1.165, 1.54) is 26.2 Å². The van der Waals surface area contributed by atoms with Gasteiger partial charge in [0.2, 0.25) is 0 Å². The van der Waals surface area contributed by atoms with E-state index in [1.54, 1.807) is 6.92 Å². The Hall–Kier alpha value is -1.95. The number of carbonyl (C=O) groups is 2. The van der Waals surface area contributed by atoms with Crippen LogP contribution < -0.4 is 14.8 Å². The number of hydrogen-bond acceptors (Lipinski definition) is 4. The van der Waals surface area contributed by atoms with Gasteiger partial charge in [-0.25, -0.2) is 0 Å². The van der Waals surface area contributed by atoms with Crippen molar-refractivity contribution in [2.45, 2.75) is 40.2 Å². The molecule has 0 aromatic heterocycles. The summed E-state index contributed by atoms with van der Waals surface area (Å²) in [5.41, 5.74) is 0.280. The van der Waals surface area contributed by atoms with Crippen LogP contribution in [0.1, 0.15) is 44.5 Å². The average Bonchev–Trinajstić information content (AvgIpc) is 2.54. The van der Waals surface area contributed by atoms with Gasteiger partial charge in [-0.05, 0) is 38.3 Å². The zero-order valence-corrected chi connectivity index (χ0v) is 16.0. The van der Waals surface area contributed by atoms with Gasteiger partial charge in [0.15, 0.2) is 11.5 Å². The van der Waals surface area contributed by atoms with Gasteiger partial charge < -0.3 is 19.9 Å². The van der Waals surface area contributed by atoms with Crippen molar-refractivity contribution in [3.8, 4) is 11.5 Å². The maximum atomic E-state index is 12.4. The number of ether oxygens (including phenoxy) is 2. The van der Waals surface area contributed by atoms with E-state index in [-0.39, 0.29) is 10.6 Å². The topological polar surface area (TPSA) is 84.9 Å². The van der Waals surface area contributed by atoms with Crippen molar-refractivity contribution in [2.75, 3.05) is 13.7 Å². The molecule has 1 amide bonds. The minimum atomic E-state index is -0.975. The number of carboxylic acids is 1. The molecule has 1 aromatic carbocycles. The fraction of sp³-hybridized carbons (Fsp3) is 0.556. The molecule has 0 aliphatic rings. The van der Waals surface area contributed by atoms with Crippen LogP contribution in [0, 0.1) is 11.8 Å². The number of hydrogen-bond donors (Lipinski definition) is 2. The molecule has 7 heteroatoms. The molecule has 25 heavy (non-hydrogen) atoms. The fourth-order valence-electron chi connectivity index (χ4n) is 2.02. The second-order valence-corrected chi connectivity index (χ2v) is 6.82. The second-order valence-electron chi connectivity index (χ2n) is 6.41. The number of benzene rings is 1. The predicted molar refractivity (Wildman–Crippen MR) is 96.7 cm³/mol. The Kier molecular flexibility index (Phi) is 8.03. The molecule has 0 fully saturated rings. The highest BCUT2D eigenvalue weighted by molar-refractivity contribution is 6.32. The molecule has 6 nitrogen and oxygen atoms in total. The molecule has 0 heterocycles. The third-order valence-corrected chi connectivity index (χ3v) is 4.21. The summed E-state index contributed by atoms with van der Waals surface area (Å²) in [7, 11) is 1.47. The molecule has 2 atom stereocenters. The van der Waals surface area contributed by atoms with Crippen molar-refractivity contribution < 1.29 is 24.2 Å². The predicted octanol–water partition coefficient (Wildman–Crippen LogP) is 3.61. The van der Waals surface area contributed by atoms with Crippen LogP contribution in [0.25, 0.3) is 0 Å². The maximum absolute atomic E-state index is 12.4. The molecule has 0 saturated carbocycles. The largest absolute Gasteiger partial charge is 0.493 e. The van der Waals surface area contributed by atoms with Crippen LogP contribution in [-0.2, 0) is 4.79 Å². The first-order valence-electron chi connectivity index (χ1n) is 8.21. The number of aliphatic carboxylic acids is 1. The van der Waals surface area contributed by atoms with Crippen LogP contribution in [-0.4, -0.2) is 36.7 Å². The third kappa shape index (κ3) is 6.12. The van der Waals surface area contributed by atoms with E-state index in [1.807, 2.05) is 0 Å². The van der Waals surface area contributed by atoms with Crippen molar-refractivity contribution in [2.24, 2.45) is 11.8 Å². The van der Waals surface area contributed by atoms with Crippen LogP contribution in [0.3, 0.4) is 0 Å². The summed E-state index contributed by atoms with van der Waals surface area (Å²) in [5, 5.41) is 11.9. The summed E-state index contributed by atoms with van der Waals surface area (Å²) < 4.78 is 11.0.